The molecule has 0 saturated carbocycles. The van der Waals surface area contributed by atoms with Gasteiger partial charge in [-0.1, -0.05) is 0 Å². The second-order valence-corrected chi connectivity index (χ2v) is 14.8. The Morgan fingerprint density at radius 1 is 0.577 bits per heavy atom. The molecule has 0 N–H and O–H groups in total. The molecule has 0 amide bonds. The summed E-state index contributed by atoms with van der Waals surface area (Å²) in [6.45, 7) is 15.2. The van der Waals surface area contributed by atoms with Crippen molar-refractivity contribution in [3.8, 4) is 5.75 Å². The Morgan fingerprint density at radius 2 is 0.962 bits per heavy atom. The highest BCUT2D eigenvalue weighted by molar-refractivity contribution is 5.79. The zero-order valence-electron chi connectivity index (χ0n) is 31.2. The number of carbonyl (C=O) groups is 5. The van der Waals surface area contributed by atoms with Crippen LogP contribution in [0.4, 0.5) is 22.0 Å². The molecule has 1 aromatic rings. The molecule has 0 radical (unpaired) electrons. The zero-order chi connectivity index (χ0) is 39.6. The maximum Gasteiger partial charge on any atom is 0.323 e. The van der Waals surface area contributed by atoms with Gasteiger partial charge < -0.3 is 14.2 Å². The van der Waals surface area contributed by atoms with E-state index >= 15 is 0 Å². The SMILES string of the molecule is CC(=O)CN1CCN(CC(C)=O)CCN([C@H](CCC(=O)Oc2c(F)c(F)c(F)c(F)c2F)C(=O)OC(C)(C)C)CCN(CC(=O)OC(C)(C)C)CC1. The van der Waals surface area contributed by atoms with Crippen molar-refractivity contribution < 1.29 is 60.1 Å². The number of Topliss-reactive ketones (excluding diaryl/α,β-unsaturated/α-hetero) is 2. The predicted octanol–water partition coefficient (Wildman–Crippen LogP) is 3.52. The van der Waals surface area contributed by atoms with Gasteiger partial charge in [0.05, 0.1) is 19.6 Å². The fourth-order valence-corrected chi connectivity index (χ4v) is 5.44. The maximum absolute atomic E-state index is 14.2. The third-order valence-corrected chi connectivity index (χ3v) is 7.66. The number of carbonyl (C=O) groups excluding carboxylic acids is 5. The molecule has 1 aromatic carbocycles. The Hall–Kier alpha value is -3.54. The van der Waals surface area contributed by atoms with Crippen LogP contribution in [0.25, 0.3) is 0 Å². The predicted molar refractivity (Wildman–Crippen MR) is 179 cm³/mol. The van der Waals surface area contributed by atoms with Gasteiger partial charge in [0.1, 0.15) is 28.8 Å². The summed E-state index contributed by atoms with van der Waals surface area (Å²) in [6.07, 6.45) is -1.05. The van der Waals surface area contributed by atoms with E-state index in [-0.39, 0.29) is 63.8 Å². The highest BCUT2D eigenvalue weighted by atomic mass is 19.2. The number of nitrogens with zero attached hydrogens (tertiary/aromatic N) is 4. The van der Waals surface area contributed by atoms with Crippen LogP contribution < -0.4 is 4.74 Å². The molecule has 1 fully saturated rings. The molecule has 1 heterocycles. The molecule has 12 nitrogen and oxygen atoms in total. The largest absolute Gasteiger partial charge is 0.459 e. The van der Waals surface area contributed by atoms with Gasteiger partial charge in [0.15, 0.2) is 0 Å². The standard InChI is InChI=1S/C35H51F5N4O8/c1-22(45)19-41-11-12-42(20-23(2)46)15-17-44(18-16-43(14-13-41)21-26(48)51-34(3,4)5)24(33(49)52-35(6,7)8)9-10-25(47)50-32-30(39)28(37)27(36)29(38)31(32)40/h24H,9-21H2,1-8H3/t24-/m1/s1. The molecule has 0 spiro atoms. The first-order valence-corrected chi connectivity index (χ1v) is 17.0. The first-order valence-electron chi connectivity index (χ1n) is 17.0. The van der Waals surface area contributed by atoms with Gasteiger partial charge >= 0.3 is 17.9 Å². The lowest BCUT2D eigenvalue weighted by molar-refractivity contribution is -0.163. The van der Waals surface area contributed by atoms with Crippen LogP contribution in [-0.4, -0.2) is 138 Å². The van der Waals surface area contributed by atoms with Gasteiger partial charge in [0, 0.05) is 58.8 Å². The van der Waals surface area contributed by atoms with Crippen LogP contribution in [0.1, 0.15) is 68.2 Å². The Kier molecular flexibility index (Phi) is 16.7. The van der Waals surface area contributed by atoms with Gasteiger partial charge in [-0.3, -0.25) is 43.6 Å². The van der Waals surface area contributed by atoms with Crippen molar-refractivity contribution in [1.82, 2.24) is 19.6 Å². The number of ketones is 2. The van der Waals surface area contributed by atoms with Gasteiger partial charge in [0.2, 0.25) is 34.8 Å². The summed E-state index contributed by atoms with van der Waals surface area (Å²) in [5, 5.41) is 0. The molecule has 1 aliphatic heterocycles. The summed E-state index contributed by atoms with van der Waals surface area (Å²) < 4.78 is 85.3. The molecular weight excluding hydrogens is 699 g/mol. The highest BCUT2D eigenvalue weighted by Gasteiger charge is 2.34. The van der Waals surface area contributed by atoms with Crippen molar-refractivity contribution in [2.24, 2.45) is 0 Å². The Balaban J connectivity index is 2.46. The van der Waals surface area contributed by atoms with Crippen molar-refractivity contribution in [3.05, 3.63) is 29.1 Å². The van der Waals surface area contributed by atoms with Crippen molar-refractivity contribution in [3.63, 3.8) is 0 Å². The number of halogens is 5. The van der Waals surface area contributed by atoms with Crippen LogP contribution in [0.3, 0.4) is 0 Å². The molecule has 2 rings (SSSR count). The van der Waals surface area contributed by atoms with E-state index in [1.54, 1.807) is 51.3 Å². The summed E-state index contributed by atoms with van der Waals surface area (Å²) in [6, 6.07) is -1.19. The monoisotopic (exact) mass is 750 g/mol. The molecule has 0 unspecified atom stereocenters. The fraction of sp³-hybridized carbons (Fsp3) is 0.686. The lowest BCUT2D eigenvalue weighted by atomic mass is 10.1. The van der Waals surface area contributed by atoms with Crippen molar-refractivity contribution in [1.29, 1.82) is 0 Å². The van der Waals surface area contributed by atoms with Crippen molar-refractivity contribution in [2.75, 3.05) is 72.0 Å². The third-order valence-electron chi connectivity index (χ3n) is 7.66. The van der Waals surface area contributed by atoms with Crippen molar-refractivity contribution >= 4 is 29.5 Å². The lowest BCUT2D eigenvalue weighted by Gasteiger charge is -2.37. The Labute approximate surface area is 301 Å². The first kappa shape index (κ1) is 44.6. The van der Waals surface area contributed by atoms with E-state index in [0.717, 1.165) is 0 Å². The van der Waals surface area contributed by atoms with E-state index in [4.69, 9.17) is 9.47 Å². The molecule has 52 heavy (non-hydrogen) atoms. The third kappa shape index (κ3) is 15.2. The fourth-order valence-electron chi connectivity index (χ4n) is 5.44. The summed E-state index contributed by atoms with van der Waals surface area (Å²) in [5.41, 5.74) is -1.74. The number of rotatable bonds is 12. The normalized spacial score (nSPS) is 17.1. The van der Waals surface area contributed by atoms with Crippen molar-refractivity contribution in [2.45, 2.75) is 85.5 Å². The minimum absolute atomic E-state index is 0.0611. The quantitative estimate of drug-likeness (QED) is 0.102. The number of hydrogen-bond donors (Lipinski definition) is 0. The Bertz CT molecular complexity index is 1420. The molecule has 294 valence electrons. The first-order chi connectivity index (χ1) is 24.0. The number of esters is 3. The number of benzene rings is 1. The molecular formula is C35H51F5N4O8. The van der Waals surface area contributed by atoms with Crippen LogP contribution in [0.2, 0.25) is 0 Å². The van der Waals surface area contributed by atoms with Gasteiger partial charge in [-0.15, -0.1) is 0 Å². The second-order valence-electron chi connectivity index (χ2n) is 14.8. The average molecular weight is 751 g/mol. The van der Waals surface area contributed by atoms with Gasteiger partial charge in [-0.05, 0) is 61.8 Å². The van der Waals surface area contributed by atoms with Crippen LogP contribution in [-0.2, 0) is 33.4 Å². The molecule has 1 saturated heterocycles. The van der Waals surface area contributed by atoms with E-state index in [9.17, 15) is 45.9 Å². The molecule has 1 atom stereocenters. The minimum atomic E-state index is -2.42. The van der Waals surface area contributed by atoms with E-state index in [2.05, 4.69) is 4.74 Å². The van der Waals surface area contributed by atoms with Gasteiger partial charge in [0.25, 0.3) is 0 Å². The minimum Gasteiger partial charge on any atom is -0.459 e. The second kappa shape index (κ2) is 19.5. The van der Waals surface area contributed by atoms with E-state index in [1.165, 1.54) is 13.8 Å². The summed E-state index contributed by atoms with van der Waals surface area (Å²) in [5.74, 6) is -16.2. The number of hydrogen-bond acceptors (Lipinski definition) is 12. The van der Waals surface area contributed by atoms with Gasteiger partial charge in [-0.2, -0.15) is 8.78 Å². The van der Waals surface area contributed by atoms with E-state index in [0.29, 0.717) is 26.2 Å². The van der Waals surface area contributed by atoms with Crippen LogP contribution in [0.5, 0.6) is 5.75 Å². The molecule has 1 aliphatic rings. The van der Waals surface area contributed by atoms with Crippen LogP contribution in [0, 0.1) is 29.1 Å². The van der Waals surface area contributed by atoms with Crippen LogP contribution >= 0.6 is 0 Å². The molecule has 0 aliphatic carbocycles. The molecule has 17 heteroatoms. The van der Waals surface area contributed by atoms with Crippen LogP contribution in [0.15, 0.2) is 0 Å². The summed E-state index contributed by atoms with van der Waals surface area (Å²) >= 11 is 0. The topological polar surface area (TPSA) is 126 Å². The summed E-state index contributed by atoms with van der Waals surface area (Å²) in [7, 11) is 0. The molecule has 0 aromatic heterocycles. The van der Waals surface area contributed by atoms with Gasteiger partial charge in [-0.25, -0.2) is 13.2 Å². The Morgan fingerprint density at radius 3 is 1.37 bits per heavy atom. The highest BCUT2D eigenvalue weighted by Crippen LogP contribution is 2.29. The summed E-state index contributed by atoms with van der Waals surface area (Å²) in [4.78, 5) is 70.9. The van der Waals surface area contributed by atoms with E-state index < -0.39 is 76.4 Å². The number of ether oxygens (including phenoxy) is 3. The average Bonchev–Trinajstić information content (AvgIpc) is 2.99. The van der Waals surface area contributed by atoms with E-state index in [1.807, 2.05) is 9.80 Å². The zero-order valence-corrected chi connectivity index (χ0v) is 31.2. The smallest absolute Gasteiger partial charge is 0.323 e. The molecule has 0 bridgehead atoms. The maximum atomic E-state index is 14.2. The lowest BCUT2D eigenvalue weighted by Crippen LogP contribution is -2.52.